The van der Waals surface area contributed by atoms with E-state index in [1.54, 1.807) is 0 Å². The molecule has 0 saturated heterocycles. The Morgan fingerprint density at radius 2 is 1.54 bits per heavy atom. The van der Waals surface area contributed by atoms with Crippen molar-refractivity contribution in [3.05, 3.63) is 60.0 Å². The summed E-state index contributed by atoms with van der Waals surface area (Å²) >= 11 is 4.25. The van der Waals surface area contributed by atoms with E-state index in [0.29, 0.717) is 0 Å². The number of hydrogen-bond donors (Lipinski definition) is 1. The van der Waals surface area contributed by atoms with Gasteiger partial charge in [-0.1, -0.05) is 62.5 Å². The van der Waals surface area contributed by atoms with Gasteiger partial charge in [0.1, 0.15) is 6.54 Å². The number of allylic oxidation sites excluding steroid dienone is 5. The Bertz CT molecular complexity index is 540. The zero-order valence-corrected chi connectivity index (χ0v) is 15.8. The molecule has 1 aliphatic carbocycles. The molecule has 2 rings (SSSR count). The highest BCUT2D eigenvalue weighted by atomic mass is 32.1. The van der Waals surface area contributed by atoms with Crippen molar-refractivity contribution in [3.8, 4) is 0 Å². The summed E-state index contributed by atoms with van der Waals surface area (Å²) in [4.78, 5) is 0. The van der Waals surface area contributed by atoms with E-state index in [0.717, 1.165) is 18.7 Å². The fourth-order valence-corrected chi connectivity index (χ4v) is 3.21. The molecule has 1 heterocycles. The van der Waals surface area contributed by atoms with Crippen LogP contribution in [0, 0.1) is 0 Å². The Balaban J connectivity index is 1.55. The van der Waals surface area contributed by atoms with Gasteiger partial charge in [-0.2, -0.15) is 12.6 Å². The number of rotatable bonds is 12. The monoisotopic (exact) mass is 342 g/mol. The molecule has 2 heteroatoms. The average molecular weight is 343 g/mol. The van der Waals surface area contributed by atoms with Gasteiger partial charge in [-0.15, -0.1) is 0 Å². The molecule has 0 saturated carbocycles. The number of pyridine rings is 1. The summed E-state index contributed by atoms with van der Waals surface area (Å²) in [5.74, 6) is 1.04. The van der Waals surface area contributed by atoms with Gasteiger partial charge in [0, 0.05) is 18.6 Å². The average Bonchev–Trinajstić information content (AvgIpc) is 3.13. The molecule has 1 aliphatic rings. The SMILES string of the molecule is SCCCCCCCCCC[n+]1ccc(/C=C/C2=CC=CC2)cc1. The minimum atomic E-state index is 1.04. The Morgan fingerprint density at radius 1 is 0.875 bits per heavy atom. The van der Waals surface area contributed by atoms with Gasteiger partial charge in [0.25, 0.3) is 0 Å². The van der Waals surface area contributed by atoms with Gasteiger partial charge in [0.15, 0.2) is 12.4 Å². The van der Waals surface area contributed by atoms with E-state index in [1.807, 2.05) is 0 Å². The van der Waals surface area contributed by atoms with Gasteiger partial charge in [0.05, 0.1) is 0 Å². The van der Waals surface area contributed by atoms with E-state index in [1.165, 1.54) is 62.5 Å². The van der Waals surface area contributed by atoms with E-state index in [2.05, 4.69) is 72.1 Å². The summed E-state index contributed by atoms with van der Waals surface area (Å²) in [5.41, 5.74) is 2.66. The fourth-order valence-electron chi connectivity index (χ4n) is 2.99. The molecule has 0 aliphatic heterocycles. The highest BCUT2D eigenvalue weighted by Gasteiger charge is 2.00. The second kappa shape index (κ2) is 12.1. The number of thiol groups is 1. The second-order valence-electron chi connectivity index (χ2n) is 6.63. The highest BCUT2D eigenvalue weighted by Crippen LogP contribution is 2.13. The van der Waals surface area contributed by atoms with Crippen LogP contribution in [0.1, 0.15) is 63.4 Å². The predicted molar refractivity (Wildman–Crippen MR) is 108 cm³/mol. The maximum absolute atomic E-state index is 4.25. The van der Waals surface area contributed by atoms with Crippen LogP contribution in [0.4, 0.5) is 0 Å². The van der Waals surface area contributed by atoms with Crippen LogP contribution < -0.4 is 4.57 Å². The van der Waals surface area contributed by atoms with E-state index < -0.39 is 0 Å². The van der Waals surface area contributed by atoms with Crippen molar-refractivity contribution in [2.45, 2.75) is 64.3 Å². The molecule has 0 radical (unpaired) electrons. The Labute approximate surface area is 153 Å². The van der Waals surface area contributed by atoms with Crippen LogP contribution in [0.2, 0.25) is 0 Å². The lowest BCUT2D eigenvalue weighted by Gasteiger charge is -2.01. The molecular weight excluding hydrogens is 310 g/mol. The maximum Gasteiger partial charge on any atom is 0.169 e. The van der Waals surface area contributed by atoms with Crippen molar-refractivity contribution in [1.29, 1.82) is 0 Å². The van der Waals surface area contributed by atoms with Crippen molar-refractivity contribution >= 4 is 18.7 Å². The minimum absolute atomic E-state index is 1.04. The number of unbranched alkanes of at least 4 members (excludes halogenated alkanes) is 7. The first-order chi connectivity index (χ1) is 11.9. The molecule has 0 bridgehead atoms. The lowest BCUT2D eigenvalue weighted by atomic mass is 10.1. The van der Waals surface area contributed by atoms with Gasteiger partial charge >= 0.3 is 0 Å². The summed E-state index contributed by atoms with van der Waals surface area (Å²) in [5, 5.41) is 0. The summed E-state index contributed by atoms with van der Waals surface area (Å²) in [6.07, 6.45) is 27.2. The first-order valence-electron chi connectivity index (χ1n) is 9.52. The van der Waals surface area contributed by atoms with Crippen LogP contribution in [-0.2, 0) is 6.54 Å². The van der Waals surface area contributed by atoms with Gasteiger partial charge in [-0.3, -0.25) is 0 Å². The van der Waals surface area contributed by atoms with Gasteiger partial charge in [-0.25, -0.2) is 4.57 Å². The highest BCUT2D eigenvalue weighted by molar-refractivity contribution is 7.80. The molecule has 24 heavy (non-hydrogen) atoms. The Kier molecular flexibility index (Phi) is 9.63. The minimum Gasteiger partial charge on any atom is -0.205 e. The first-order valence-corrected chi connectivity index (χ1v) is 10.2. The molecule has 130 valence electrons. The van der Waals surface area contributed by atoms with Crippen molar-refractivity contribution in [2.24, 2.45) is 0 Å². The van der Waals surface area contributed by atoms with Crippen molar-refractivity contribution < 1.29 is 4.57 Å². The van der Waals surface area contributed by atoms with Crippen LogP contribution in [0.5, 0.6) is 0 Å². The number of hydrogen-bond acceptors (Lipinski definition) is 1. The molecule has 1 nitrogen and oxygen atoms in total. The first kappa shape index (κ1) is 19.1. The maximum atomic E-state index is 4.25. The van der Waals surface area contributed by atoms with Crippen LogP contribution in [-0.4, -0.2) is 5.75 Å². The second-order valence-corrected chi connectivity index (χ2v) is 7.08. The number of nitrogens with zero attached hydrogens (tertiary/aromatic N) is 1. The molecule has 0 aromatic carbocycles. The topological polar surface area (TPSA) is 3.88 Å². The van der Waals surface area contributed by atoms with Gasteiger partial charge in [-0.05, 0) is 36.2 Å². The smallest absolute Gasteiger partial charge is 0.169 e. The van der Waals surface area contributed by atoms with Gasteiger partial charge in [0.2, 0.25) is 0 Å². The molecule has 0 unspecified atom stereocenters. The Hall–Kier alpha value is -1.28. The number of aryl methyl sites for hydroxylation is 1. The largest absolute Gasteiger partial charge is 0.205 e. The van der Waals surface area contributed by atoms with Crippen LogP contribution in [0.25, 0.3) is 6.08 Å². The predicted octanol–water partition coefficient (Wildman–Crippen LogP) is 5.92. The summed E-state index contributed by atoms with van der Waals surface area (Å²) in [6, 6.07) is 4.42. The van der Waals surface area contributed by atoms with Crippen molar-refractivity contribution in [3.63, 3.8) is 0 Å². The molecule has 1 aromatic rings. The third-order valence-corrected chi connectivity index (χ3v) is 4.85. The molecule has 0 atom stereocenters. The molecule has 0 N–H and O–H groups in total. The van der Waals surface area contributed by atoms with Crippen LogP contribution >= 0.6 is 12.6 Å². The summed E-state index contributed by atoms with van der Waals surface area (Å²) in [6.45, 7) is 1.14. The Morgan fingerprint density at radius 3 is 2.17 bits per heavy atom. The number of aromatic nitrogens is 1. The van der Waals surface area contributed by atoms with E-state index in [-0.39, 0.29) is 0 Å². The van der Waals surface area contributed by atoms with E-state index in [9.17, 15) is 0 Å². The summed E-state index contributed by atoms with van der Waals surface area (Å²) in [7, 11) is 0. The zero-order valence-electron chi connectivity index (χ0n) is 14.9. The zero-order chi connectivity index (χ0) is 16.9. The lowest BCUT2D eigenvalue weighted by molar-refractivity contribution is -0.697. The third kappa shape index (κ3) is 8.01. The quantitative estimate of drug-likeness (QED) is 0.273. The molecule has 0 spiro atoms. The molecule has 0 amide bonds. The van der Waals surface area contributed by atoms with Crippen molar-refractivity contribution in [1.82, 2.24) is 0 Å². The molecule has 0 fully saturated rings. The standard InChI is InChI=1S/C22H31NS/c24-20-10-6-4-2-1-3-5-9-17-23-18-15-22(16-19-23)14-13-21-11-7-8-12-21/h7-8,11,13-16,18-19H,1-6,9-10,12,17,20H2/p+1/b14-13+. The summed E-state index contributed by atoms with van der Waals surface area (Å²) < 4.78 is 2.31. The third-order valence-electron chi connectivity index (χ3n) is 4.53. The van der Waals surface area contributed by atoms with Crippen LogP contribution in [0.3, 0.4) is 0 Å². The van der Waals surface area contributed by atoms with E-state index >= 15 is 0 Å². The molecular formula is C22H32NS+. The van der Waals surface area contributed by atoms with E-state index in [4.69, 9.17) is 0 Å². The van der Waals surface area contributed by atoms with Crippen LogP contribution in [0.15, 0.2) is 54.4 Å². The van der Waals surface area contributed by atoms with Gasteiger partial charge < -0.3 is 0 Å². The van der Waals surface area contributed by atoms with Crippen molar-refractivity contribution in [2.75, 3.05) is 5.75 Å². The normalized spacial score (nSPS) is 13.8. The molecule has 1 aromatic heterocycles. The fraction of sp³-hybridized carbons (Fsp3) is 0.500. The lowest BCUT2D eigenvalue weighted by Crippen LogP contribution is -2.32.